The molecule has 1 aliphatic rings. The summed E-state index contributed by atoms with van der Waals surface area (Å²) in [6.45, 7) is 5.03. The molecule has 1 heterocycles. The number of nitrogens with zero attached hydrogens (tertiary/aromatic N) is 2. The van der Waals surface area contributed by atoms with Crippen LogP contribution in [0.1, 0.15) is 12.5 Å². The molecule has 0 atom stereocenters. The number of urea groups is 1. The Labute approximate surface area is 198 Å². The molecule has 3 amide bonds. The van der Waals surface area contributed by atoms with E-state index < -0.39 is 0 Å². The number of anilines is 1. The van der Waals surface area contributed by atoms with E-state index in [1.165, 1.54) is 24.3 Å². The van der Waals surface area contributed by atoms with Gasteiger partial charge in [-0.1, -0.05) is 0 Å². The number of amides is 3. The number of piperazine rings is 1. The second-order valence-corrected chi connectivity index (χ2v) is 7.74. The van der Waals surface area contributed by atoms with Crippen molar-refractivity contribution in [2.24, 2.45) is 0 Å². The number of carbonyl (C=O) groups excluding carboxylic acids is 2. The Kier molecular flexibility index (Phi) is 8.92. The van der Waals surface area contributed by atoms with Gasteiger partial charge in [0.15, 0.2) is 11.5 Å². The van der Waals surface area contributed by atoms with Crippen LogP contribution in [0, 0.1) is 5.82 Å². The lowest BCUT2D eigenvalue weighted by Crippen LogP contribution is -2.52. The third-order valence-corrected chi connectivity index (χ3v) is 5.41. The van der Waals surface area contributed by atoms with E-state index in [0.29, 0.717) is 62.3 Å². The van der Waals surface area contributed by atoms with Crippen molar-refractivity contribution < 1.29 is 28.2 Å². The monoisotopic (exact) mass is 474 g/mol. The topological polar surface area (TPSA) is 92.4 Å². The van der Waals surface area contributed by atoms with E-state index in [9.17, 15) is 14.0 Å². The van der Waals surface area contributed by atoms with Gasteiger partial charge in [-0.05, 0) is 48.9 Å². The third-order valence-electron chi connectivity index (χ3n) is 5.41. The van der Waals surface area contributed by atoms with Crippen molar-refractivity contribution in [3.8, 4) is 17.2 Å². The quantitative estimate of drug-likeness (QED) is 0.581. The van der Waals surface area contributed by atoms with Crippen molar-refractivity contribution in [3.05, 3.63) is 47.8 Å². The minimum Gasteiger partial charge on any atom is -0.493 e. The van der Waals surface area contributed by atoms with Crippen molar-refractivity contribution in [2.75, 3.05) is 58.9 Å². The highest BCUT2D eigenvalue weighted by Crippen LogP contribution is 2.38. The summed E-state index contributed by atoms with van der Waals surface area (Å²) < 4.78 is 29.4. The molecule has 2 N–H and O–H groups in total. The predicted octanol–water partition coefficient (Wildman–Crippen LogP) is 2.71. The number of rotatable bonds is 9. The van der Waals surface area contributed by atoms with Crippen LogP contribution < -0.4 is 24.8 Å². The Morgan fingerprint density at radius 1 is 1.00 bits per heavy atom. The molecule has 34 heavy (non-hydrogen) atoms. The summed E-state index contributed by atoms with van der Waals surface area (Å²) in [5.74, 6) is 1.08. The van der Waals surface area contributed by atoms with Gasteiger partial charge in [-0.2, -0.15) is 0 Å². The zero-order chi connectivity index (χ0) is 24.5. The molecular formula is C24H31FN4O5. The second kappa shape index (κ2) is 12.1. The lowest BCUT2D eigenvalue weighted by atomic mass is 10.1. The molecule has 2 aromatic rings. The van der Waals surface area contributed by atoms with E-state index in [0.717, 1.165) is 5.56 Å². The average molecular weight is 475 g/mol. The van der Waals surface area contributed by atoms with E-state index >= 15 is 0 Å². The highest BCUT2D eigenvalue weighted by atomic mass is 19.1. The maximum Gasteiger partial charge on any atom is 0.317 e. The predicted molar refractivity (Wildman–Crippen MR) is 126 cm³/mol. The van der Waals surface area contributed by atoms with E-state index in [4.69, 9.17) is 14.2 Å². The average Bonchev–Trinajstić information content (AvgIpc) is 2.84. The molecule has 0 radical (unpaired) electrons. The molecule has 0 spiro atoms. The number of methoxy groups -OCH3 is 2. The van der Waals surface area contributed by atoms with Crippen LogP contribution in [0.4, 0.5) is 14.9 Å². The van der Waals surface area contributed by atoms with E-state index in [1.54, 1.807) is 19.1 Å². The van der Waals surface area contributed by atoms with Crippen LogP contribution in [0.3, 0.4) is 0 Å². The largest absolute Gasteiger partial charge is 0.493 e. The van der Waals surface area contributed by atoms with Gasteiger partial charge < -0.3 is 29.7 Å². The van der Waals surface area contributed by atoms with Gasteiger partial charge in [-0.3, -0.25) is 9.69 Å². The van der Waals surface area contributed by atoms with Gasteiger partial charge >= 0.3 is 6.03 Å². The first-order valence-corrected chi connectivity index (χ1v) is 11.1. The van der Waals surface area contributed by atoms with E-state index in [2.05, 4.69) is 10.6 Å². The molecule has 0 saturated carbocycles. The van der Waals surface area contributed by atoms with Gasteiger partial charge in [0, 0.05) is 38.4 Å². The minimum atomic E-state index is -0.354. The molecule has 184 valence electrons. The van der Waals surface area contributed by atoms with Crippen molar-refractivity contribution in [3.63, 3.8) is 0 Å². The van der Waals surface area contributed by atoms with Crippen LogP contribution in [0.25, 0.3) is 0 Å². The second-order valence-electron chi connectivity index (χ2n) is 7.74. The summed E-state index contributed by atoms with van der Waals surface area (Å²) in [6, 6.07) is 9.08. The normalized spacial score (nSPS) is 13.8. The molecular weight excluding hydrogens is 443 g/mol. The molecule has 0 aromatic heterocycles. The summed E-state index contributed by atoms with van der Waals surface area (Å²) in [4.78, 5) is 28.6. The van der Waals surface area contributed by atoms with Gasteiger partial charge in [0.2, 0.25) is 11.7 Å². The SMILES string of the molecule is CCOc1c(OC)cc(CNC(=O)N2CCN(CC(=O)Nc3ccc(F)cc3)CC2)cc1OC. The van der Waals surface area contributed by atoms with Gasteiger partial charge in [-0.25, -0.2) is 9.18 Å². The first kappa shape index (κ1) is 25.1. The Balaban J connectivity index is 1.46. The molecule has 9 nitrogen and oxygen atoms in total. The summed E-state index contributed by atoms with van der Waals surface area (Å²) in [5.41, 5.74) is 1.37. The highest BCUT2D eigenvalue weighted by Gasteiger charge is 2.23. The number of hydrogen-bond acceptors (Lipinski definition) is 6. The number of hydrogen-bond donors (Lipinski definition) is 2. The molecule has 0 unspecified atom stereocenters. The number of carbonyl (C=O) groups is 2. The summed E-state index contributed by atoms with van der Waals surface area (Å²) >= 11 is 0. The van der Waals surface area contributed by atoms with Gasteiger partial charge in [0.1, 0.15) is 5.82 Å². The zero-order valence-corrected chi connectivity index (χ0v) is 19.7. The minimum absolute atomic E-state index is 0.178. The molecule has 2 aromatic carbocycles. The molecule has 1 aliphatic heterocycles. The van der Waals surface area contributed by atoms with Crippen LogP contribution in [0.2, 0.25) is 0 Å². The van der Waals surface area contributed by atoms with Crippen molar-refractivity contribution in [2.45, 2.75) is 13.5 Å². The number of benzene rings is 2. The Hall–Kier alpha value is -3.53. The van der Waals surface area contributed by atoms with Crippen molar-refractivity contribution in [1.82, 2.24) is 15.1 Å². The van der Waals surface area contributed by atoms with Crippen molar-refractivity contribution in [1.29, 1.82) is 0 Å². The van der Waals surface area contributed by atoms with Gasteiger partial charge in [-0.15, -0.1) is 0 Å². The molecule has 0 aliphatic carbocycles. The number of nitrogens with one attached hydrogen (secondary N) is 2. The Morgan fingerprint density at radius 2 is 1.62 bits per heavy atom. The molecule has 1 saturated heterocycles. The van der Waals surface area contributed by atoms with E-state index in [-0.39, 0.29) is 24.3 Å². The Morgan fingerprint density at radius 3 is 2.18 bits per heavy atom. The smallest absolute Gasteiger partial charge is 0.317 e. The molecule has 10 heteroatoms. The fourth-order valence-electron chi connectivity index (χ4n) is 3.66. The first-order valence-electron chi connectivity index (χ1n) is 11.1. The van der Waals surface area contributed by atoms with Gasteiger partial charge in [0.05, 0.1) is 27.4 Å². The zero-order valence-electron chi connectivity index (χ0n) is 19.7. The van der Waals surface area contributed by atoms with Crippen LogP contribution in [0.15, 0.2) is 36.4 Å². The fourth-order valence-corrected chi connectivity index (χ4v) is 3.66. The first-order chi connectivity index (χ1) is 16.4. The maximum absolute atomic E-state index is 13.0. The standard InChI is InChI=1S/C24H31FN4O5/c1-4-34-23-20(32-2)13-17(14-21(23)33-3)15-26-24(31)29-11-9-28(10-12-29)16-22(30)27-19-7-5-18(25)6-8-19/h5-8,13-14H,4,9-12,15-16H2,1-3H3,(H,26,31)(H,27,30). The lowest BCUT2D eigenvalue weighted by Gasteiger charge is -2.34. The molecule has 3 rings (SSSR count). The van der Waals surface area contributed by atoms with Gasteiger partial charge in [0.25, 0.3) is 0 Å². The van der Waals surface area contributed by atoms with Crippen LogP contribution in [0.5, 0.6) is 17.2 Å². The summed E-state index contributed by atoms with van der Waals surface area (Å²) in [5, 5.41) is 5.67. The van der Waals surface area contributed by atoms with Crippen LogP contribution in [-0.2, 0) is 11.3 Å². The molecule has 0 bridgehead atoms. The summed E-state index contributed by atoms with van der Waals surface area (Å²) in [7, 11) is 3.11. The Bertz CT molecular complexity index is 953. The number of halogens is 1. The third kappa shape index (κ3) is 6.74. The fraction of sp³-hybridized carbons (Fsp3) is 0.417. The van der Waals surface area contributed by atoms with Crippen LogP contribution >= 0.6 is 0 Å². The summed E-state index contributed by atoms with van der Waals surface area (Å²) in [6.07, 6.45) is 0. The van der Waals surface area contributed by atoms with Crippen molar-refractivity contribution >= 4 is 17.6 Å². The molecule has 1 fully saturated rings. The number of ether oxygens (including phenoxy) is 3. The highest BCUT2D eigenvalue weighted by molar-refractivity contribution is 5.92. The van der Waals surface area contributed by atoms with Crippen LogP contribution in [-0.4, -0.2) is 75.3 Å². The van der Waals surface area contributed by atoms with E-state index in [1.807, 2.05) is 24.0 Å². The maximum atomic E-state index is 13.0. The lowest BCUT2D eigenvalue weighted by molar-refractivity contribution is -0.117.